The number of piperidine rings is 1. The summed E-state index contributed by atoms with van der Waals surface area (Å²) in [6, 6.07) is 1.42. The summed E-state index contributed by atoms with van der Waals surface area (Å²) in [5, 5.41) is 3.64. The van der Waals surface area contributed by atoms with Crippen LogP contribution < -0.4 is 5.32 Å². The highest BCUT2D eigenvalue weighted by atomic mass is 16.5. The van der Waals surface area contributed by atoms with Crippen LogP contribution in [0.3, 0.4) is 0 Å². The van der Waals surface area contributed by atoms with Gasteiger partial charge in [-0.15, -0.1) is 0 Å². The predicted molar refractivity (Wildman–Crippen MR) is 70.5 cm³/mol. The highest BCUT2D eigenvalue weighted by molar-refractivity contribution is 5.78. The van der Waals surface area contributed by atoms with Crippen molar-refractivity contribution in [2.45, 2.75) is 76.0 Å². The van der Waals surface area contributed by atoms with Gasteiger partial charge in [0.1, 0.15) is 5.78 Å². The van der Waals surface area contributed by atoms with Crippen molar-refractivity contribution in [3.63, 3.8) is 0 Å². The largest absolute Gasteiger partial charge is 0.378 e. The lowest BCUT2D eigenvalue weighted by Crippen LogP contribution is -2.38. The van der Waals surface area contributed by atoms with Crippen molar-refractivity contribution in [3.05, 3.63) is 0 Å². The number of fused-ring (bicyclic) bond motifs is 2. The summed E-state index contributed by atoms with van der Waals surface area (Å²) >= 11 is 0. The molecule has 3 aliphatic heterocycles. The molecule has 0 aromatic carbocycles. The first-order chi connectivity index (χ1) is 8.79. The molecule has 3 rings (SSSR count). The molecule has 3 unspecified atom stereocenters. The van der Waals surface area contributed by atoms with Crippen molar-refractivity contribution in [2.24, 2.45) is 5.92 Å². The minimum atomic E-state index is 0.373. The van der Waals surface area contributed by atoms with E-state index in [0.717, 1.165) is 32.3 Å². The molecule has 0 spiro atoms. The monoisotopic (exact) mass is 251 g/mol. The summed E-state index contributed by atoms with van der Waals surface area (Å²) in [5.41, 5.74) is 0. The number of Topliss-reactive ketones (excluding diaryl/α,β-unsaturated/α-hetero) is 1. The minimum absolute atomic E-state index is 0.373. The minimum Gasteiger partial charge on any atom is -0.378 e. The molecule has 3 heteroatoms. The molecule has 0 saturated carbocycles. The fourth-order valence-electron chi connectivity index (χ4n) is 3.96. The lowest BCUT2D eigenvalue weighted by molar-refractivity contribution is -0.120. The number of ether oxygens (including phenoxy) is 1. The van der Waals surface area contributed by atoms with Gasteiger partial charge in [0.25, 0.3) is 0 Å². The summed E-state index contributed by atoms with van der Waals surface area (Å²) in [6.07, 6.45) is 10.3. The Morgan fingerprint density at radius 2 is 1.94 bits per heavy atom. The fraction of sp³-hybridized carbons (Fsp3) is 0.933. The number of hydrogen-bond donors (Lipinski definition) is 1. The Morgan fingerprint density at radius 3 is 2.61 bits per heavy atom. The zero-order chi connectivity index (χ0) is 12.4. The topological polar surface area (TPSA) is 38.3 Å². The normalized spacial score (nSPS) is 39.1. The third-order valence-corrected chi connectivity index (χ3v) is 4.86. The second-order valence-electron chi connectivity index (χ2n) is 6.39. The average molecular weight is 251 g/mol. The Balaban J connectivity index is 1.38. The van der Waals surface area contributed by atoms with Gasteiger partial charge in [-0.1, -0.05) is 0 Å². The van der Waals surface area contributed by atoms with E-state index in [-0.39, 0.29) is 0 Å². The van der Waals surface area contributed by atoms with Gasteiger partial charge in [0.15, 0.2) is 0 Å². The number of ketones is 1. The van der Waals surface area contributed by atoms with Crippen molar-refractivity contribution < 1.29 is 9.53 Å². The van der Waals surface area contributed by atoms with E-state index in [1.165, 1.54) is 32.1 Å². The van der Waals surface area contributed by atoms with E-state index in [1.54, 1.807) is 0 Å². The molecule has 3 aliphatic rings. The summed E-state index contributed by atoms with van der Waals surface area (Å²) in [4.78, 5) is 12.0. The average Bonchev–Trinajstić information content (AvgIpc) is 2.97. The van der Waals surface area contributed by atoms with Crippen molar-refractivity contribution in [2.75, 3.05) is 6.61 Å². The third kappa shape index (κ3) is 3.12. The van der Waals surface area contributed by atoms with E-state index in [0.29, 0.717) is 29.9 Å². The summed E-state index contributed by atoms with van der Waals surface area (Å²) in [6.45, 7) is 0.899. The van der Waals surface area contributed by atoms with Crippen molar-refractivity contribution >= 4 is 5.78 Å². The van der Waals surface area contributed by atoms with Crippen LogP contribution in [0.5, 0.6) is 0 Å². The second kappa shape index (κ2) is 5.70. The SMILES string of the molecule is O=C(CCC1CCCO1)CC1CC2CCC(C1)N2. The summed E-state index contributed by atoms with van der Waals surface area (Å²) < 4.78 is 5.58. The Morgan fingerprint density at radius 1 is 1.17 bits per heavy atom. The zero-order valence-corrected chi connectivity index (χ0v) is 11.2. The van der Waals surface area contributed by atoms with Crippen LogP contribution in [0, 0.1) is 5.92 Å². The van der Waals surface area contributed by atoms with Gasteiger partial charge in [-0.05, 0) is 50.9 Å². The molecule has 102 valence electrons. The molecule has 0 aliphatic carbocycles. The van der Waals surface area contributed by atoms with Crippen molar-refractivity contribution in [3.8, 4) is 0 Å². The Hall–Kier alpha value is -0.410. The quantitative estimate of drug-likeness (QED) is 0.815. The first kappa shape index (κ1) is 12.6. The molecular formula is C15H25NO2. The van der Waals surface area contributed by atoms with Gasteiger partial charge in [0.2, 0.25) is 0 Å². The standard InChI is InChI=1S/C15H25NO2/c17-14(5-6-15-2-1-7-18-15)10-11-8-12-3-4-13(9-11)16-12/h11-13,15-16H,1-10H2. The Kier molecular flexibility index (Phi) is 4.00. The van der Waals surface area contributed by atoms with E-state index in [4.69, 9.17) is 4.74 Å². The molecule has 3 heterocycles. The van der Waals surface area contributed by atoms with Crippen molar-refractivity contribution in [1.29, 1.82) is 0 Å². The molecule has 2 bridgehead atoms. The zero-order valence-electron chi connectivity index (χ0n) is 11.2. The van der Waals surface area contributed by atoms with Crippen LogP contribution >= 0.6 is 0 Å². The van der Waals surface area contributed by atoms with Gasteiger partial charge >= 0.3 is 0 Å². The van der Waals surface area contributed by atoms with Crippen LogP contribution in [0.15, 0.2) is 0 Å². The van der Waals surface area contributed by atoms with Crippen molar-refractivity contribution in [1.82, 2.24) is 5.32 Å². The van der Waals surface area contributed by atoms with Gasteiger partial charge in [0, 0.05) is 31.5 Å². The highest BCUT2D eigenvalue weighted by Gasteiger charge is 2.34. The van der Waals surface area contributed by atoms with E-state index < -0.39 is 0 Å². The predicted octanol–water partition coefficient (Wildman–Crippen LogP) is 2.44. The Bertz CT molecular complexity index is 287. The van der Waals surface area contributed by atoms with Gasteiger partial charge in [-0.25, -0.2) is 0 Å². The van der Waals surface area contributed by atoms with E-state index in [2.05, 4.69) is 5.32 Å². The molecule has 1 N–H and O–H groups in total. The van der Waals surface area contributed by atoms with Crippen LogP contribution in [-0.4, -0.2) is 30.6 Å². The summed E-state index contributed by atoms with van der Waals surface area (Å²) in [7, 11) is 0. The maximum absolute atomic E-state index is 12.0. The van der Waals surface area contributed by atoms with E-state index >= 15 is 0 Å². The molecule has 3 saturated heterocycles. The van der Waals surface area contributed by atoms with Gasteiger partial charge < -0.3 is 10.1 Å². The molecule has 0 amide bonds. The molecule has 3 nitrogen and oxygen atoms in total. The van der Waals surface area contributed by atoms with E-state index in [1.807, 2.05) is 0 Å². The fourth-order valence-corrected chi connectivity index (χ4v) is 3.96. The number of hydrogen-bond acceptors (Lipinski definition) is 3. The van der Waals surface area contributed by atoms with Crippen LogP contribution in [0.25, 0.3) is 0 Å². The van der Waals surface area contributed by atoms with E-state index in [9.17, 15) is 4.79 Å². The van der Waals surface area contributed by atoms with Crippen LogP contribution in [0.4, 0.5) is 0 Å². The molecular weight excluding hydrogens is 226 g/mol. The first-order valence-electron chi connectivity index (χ1n) is 7.69. The molecule has 3 atom stereocenters. The smallest absolute Gasteiger partial charge is 0.133 e. The van der Waals surface area contributed by atoms with Gasteiger partial charge in [-0.3, -0.25) is 4.79 Å². The third-order valence-electron chi connectivity index (χ3n) is 4.86. The van der Waals surface area contributed by atoms with Gasteiger partial charge in [0.05, 0.1) is 6.10 Å². The molecule has 0 aromatic heterocycles. The summed E-state index contributed by atoms with van der Waals surface area (Å²) in [5.74, 6) is 1.12. The molecule has 0 aromatic rings. The maximum Gasteiger partial charge on any atom is 0.133 e. The maximum atomic E-state index is 12.0. The highest BCUT2D eigenvalue weighted by Crippen LogP contribution is 2.33. The second-order valence-corrected chi connectivity index (χ2v) is 6.39. The lowest BCUT2D eigenvalue weighted by Gasteiger charge is -2.28. The number of carbonyl (C=O) groups excluding carboxylic acids is 1. The molecule has 18 heavy (non-hydrogen) atoms. The van der Waals surface area contributed by atoms with Crippen LogP contribution in [0.1, 0.15) is 57.8 Å². The number of carbonyl (C=O) groups is 1. The Labute approximate surface area is 110 Å². The van der Waals surface area contributed by atoms with Crippen LogP contribution in [0.2, 0.25) is 0 Å². The number of rotatable bonds is 5. The lowest BCUT2D eigenvalue weighted by atomic mass is 9.87. The molecule has 0 radical (unpaired) electrons. The van der Waals surface area contributed by atoms with Crippen LogP contribution in [-0.2, 0) is 9.53 Å². The molecule has 3 fully saturated rings. The van der Waals surface area contributed by atoms with Gasteiger partial charge in [-0.2, -0.15) is 0 Å². The number of nitrogens with one attached hydrogen (secondary N) is 1. The first-order valence-corrected chi connectivity index (χ1v) is 7.69.